The molecule has 28 heavy (non-hydrogen) atoms. The second kappa shape index (κ2) is 10.4. The van der Waals surface area contributed by atoms with E-state index in [1.165, 1.54) is 0 Å². The highest BCUT2D eigenvalue weighted by Crippen LogP contribution is 2.32. The monoisotopic (exact) mass is 420 g/mol. The third-order valence-electron chi connectivity index (χ3n) is 4.00. The second-order valence-electron chi connectivity index (χ2n) is 8.93. The van der Waals surface area contributed by atoms with Gasteiger partial charge in [-0.25, -0.2) is 0 Å². The zero-order valence-corrected chi connectivity index (χ0v) is 20.3. The van der Waals surface area contributed by atoms with Crippen molar-refractivity contribution >= 4 is 27.4 Å². The lowest BCUT2D eigenvalue weighted by Gasteiger charge is -2.18. The van der Waals surface area contributed by atoms with Gasteiger partial charge < -0.3 is 18.3 Å². The van der Waals surface area contributed by atoms with E-state index in [9.17, 15) is 0 Å². The molecule has 0 aromatic heterocycles. The van der Waals surface area contributed by atoms with Gasteiger partial charge >= 0.3 is 0 Å². The normalized spacial score (nSPS) is 12.4. The van der Waals surface area contributed by atoms with Crippen LogP contribution >= 0.6 is 0 Å². The average molecular weight is 421 g/mol. The summed E-state index contributed by atoms with van der Waals surface area (Å²) in [6, 6.07) is 12.3. The Bertz CT molecular complexity index is 672. The second-order valence-corrected chi connectivity index (χ2v) is 18.0. The van der Waals surface area contributed by atoms with E-state index in [0.29, 0.717) is 13.2 Å². The SMILES string of the molecule is C[Si](C)(C)OCCCOc1cccc2c(OCCCO[Si](C)(C)C)cccc12. The van der Waals surface area contributed by atoms with Crippen molar-refractivity contribution in [1.82, 2.24) is 0 Å². The number of benzene rings is 2. The van der Waals surface area contributed by atoms with E-state index in [1.54, 1.807) is 0 Å². The zero-order valence-electron chi connectivity index (χ0n) is 18.3. The summed E-state index contributed by atoms with van der Waals surface area (Å²) >= 11 is 0. The molecule has 6 heteroatoms. The molecule has 0 heterocycles. The molecule has 156 valence electrons. The molecule has 0 radical (unpaired) electrons. The van der Waals surface area contributed by atoms with Crippen molar-refractivity contribution in [3.05, 3.63) is 36.4 Å². The molecule has 0 fully saturated rings. The van der Waals surface area contributed by atoms with Gasteiger partial charge in [0.05, 0.1) is 13.2 Å². The molecule has 0 bridgehead atoms. The quantitative estimate of drug-likeness (QED) is 0.308. The number of hydrogen-bond donors (Lipinski definition) is 0. The van der Waals surface area contributed by atoms with Crippen molar-refractivity contribution in [2.24, 2.45) is 0 Å². The highest BCUT2D eigenvalue weighted by molar-refractivity contribution is 6.70. The largest absolute Gasteiger partial charge is 0.493 e. The van der Waals surface area contributed by atoms with Crippen LogP contribution in [0.4, 0.5) is 0 Å². The lowest BCUT2D eigenvalue weighted by atomic mass is 10.1. The van der Waals surface area contributed by atoms with Crippen LogP contribution < -0.4 is 9.47 Å². The van der Waals surface area contributed by atoms with Crippen molar-refractivity contribution < 1.29 is 18.3 Å². The minimum absolute atomic E-state index is 0.655. The van der Waals surface area contributed by atoms with Crippen LogP contribution in [0.15, 0.2) is 36.4 Å². The smallest absolute Gasteiger partial charge is 0.183 e. The molecule has 0 N–H and O–H groups in total. The third-order valence-corrected chi connectivity index (χ3v) is 6.14. The summed E-state index contributed by atoms with van der Waals surface area (Å²) in [7, 11) is -2.89. The van der Waals surface area contributed by atoms with Crippen molar-refractivity contribution in [3.8, 4) is 11.5 Å². The topological polar surface area (TPSA) is 36.9 Å². The van der Waals surface area contributed by atoms with Crippen LogP contribution in [0.5, 0.6) is 11.5 Å². The fourth-order valence-electron chi connectivity index (χ4n) is 2.74. The first-order valence-electron chi connectivity index (χ1n) is 10.2. The minimum Gasteiger partial charge on any atom is -0.493 e. The molecule has 0 saturated heterocycles. The van der Waals surface area contributed by atoms with E-state index in [1.807, 2.05) is 24.3 Å². The van der Waals surface area contributed by atoms with Gasteiger partial charge in [0.15, 0.2) is 16.6 Å². The summed E-state index contributed by atoms with van der Waals surface area (Å²) < 4.78 is 23.8. The van der Waals surface area contributed by atoms with Crippen LogP contribution in [0.3, 0.4) is 0 Å². The zero-order chi connectivity index (χ0) is 20.6. The highest BCUT2D eigenvalue weighted by Gasteiger charge is 2.14. The van der Waals surface area contributed by atoms with Crippen molar-refractivity contribution in [1.29, 1.82) is 0 Å². The van der Waals surface area contributed by atoms with E-state index in [-0.39, 0.29) is 0 Å². The molecule has 2 aromatic rings. The predicted molar refractivity (Wildman–Crippen MR) is 123 cm³/mol. The lowest BCUT2D eigenvalue weighted by Crippen LogP contribution is -2.26. The molecule has 0 amide bonds. The summed E-state index contributed by atoms with van der Waals surface area (Å²) in [5.41, 5.74) is 0. The van der Waals surface area contributed by atoms with Gasteiger partial charge in [-0.2, -0.15) is 0 Å². The Morgan fingerprint density at radius 3 is 1.32 bits per heavy atom. The van der Waals surface area contributed by atoms with Crippen molar-refractivity contribution in [3.63, 3.8) is 0 Å². The first kappa shape index (κ1) is 22.9. The Morgan fingerprint density at radius 2 is 0.964 bits per heavy atom. The highest BCUT2D eigenvalue weighted by atomic mass is 28.4. The predicted octanol–water partition coefficient (Wildman–Crippen LogP) is 6.08. The number of rotatable bonds is 12. The molecule has 0 atom stereocenters. The maximum atomic E-state index is 6.03. The van der Waals surface area contributed by atoms with Crippen LogP contribution in [0.25, 0.3) is 10.8 Å². The van der Waals surface area contributed by atoms with Crippen LogP contribution in [0, 0.1) is 0 Å². The number of ether oxygens (including phenoxy) is 2. The first-order chi connectivity index (χ1) is 13.2. The van der Waals surface area contributed by atoms with E-state index >= 15 is 0 Å². The van der Waals surface area contributed by atoms with Crippen LogP contribution in [-0.2, 0) is 8.85 Å². The molecule has 4 nitrogen and oxygen atoms in total. The van der Waals surface area contributed by atoms with Gasteiger partial charge in [-0.15, -0.1) is 0 Å². The maximum absolute atomic E-state index is 6.03. The molecular formula is C22H36O4Si2. The van der Waals surface area contributed by atoms with E-state index in [2.05, 4.69) is 51.4 Å². The molecule has 0 aliphatic carbocycles. The van der Waals surface area contributed by atoms with Gasteiger partial charge in [-0.3, -0.25) is 0 Å². The molecule has 2 rings (SSSR count). The number of fused-ring (bicyclic) bond motifs is 1. The molecule has 2 aromatic carbocycles. The third kappa shape index (κ3) is 8.35. The standard InChI is InChI=1S/C22H36O4Si2/c1-27(2,3)25-17-9-15-23-21-13-7-12-20-19(21)11-8-14-22(20)24-16-10-18-26-28(4,5)6/h7-8,11-14H,9-10,15-18H2,1-6H3. The summed E-state index contributed by atoms with van der Waals surface area (Å²) in [5.74, 6) is 1.80. The lowest BCUT2D eigenvalue weighted by molar-refractivity contribution is 0.243. The molecule has 0 saturated carbocycles. The Morgan fingerprint density at radius 1 is 0.571 bits per heavy atom. The first-order valence-corrected chi connectivity index (χ1v) is 17.0. The number of hydrogen-bond acceptors (Lipinski definition) is 4. The van der Waals surface area contributed by atoms with Gasteiger partial charge in [0.2, 0.25) is 0 Å². The van der Waals surface area contributed by atoms with Gasteiger partial charge in [0.25, 0.3) is 0 Å². The van der Waals surface area contributed by atoms with Gasteiger partial charge in [0.1, 0.15) is 11.5 Å². The Hall–Kier alpha value is -1.35. The summed E-state index contributed by atoms with van der Waals surface area (Å²) in [6.45, 7) is 16.1. The maximum Gasteiger partial charge on any atom is 0.183 e. The fourth-order valence-corrected chi connectivity index (χ4v) is 4.26. The molecule has 0 aliphatic rings. The average Bonchev–Trinajstić information content (AvgIpc) is 2.59. The summed E-state index contributed by atoms with van der Waals surface area (Å²) in [5, 5.41) is 2.17. The minimum atomic E-state index is -1.45. The van der Waals surface area contributed by atoms with Gasteiger partial charge in [0, 0.05) is 36.8 Å². The Balaban J connectivity index is 1.90. The van der Waals surface area contributed by atoms with Gasteiger partial charge in [-0.05, 0) is 51.4 Å². The molecular weight excluding hydrogens is 384 g/mol. The fraction of sp³-hybridized carbons (Fsp3) is 0.545. The van der Waals surface area contributed by atoms with Crippen molar-refractivity contribution in [2.75, 3.05) is 26.4 Å². The van der Waals surface area contributed by atoms with E-state index in [0.717, 1.165) is 48.3 Å². The Kier molecular flexibility index (Phi) is 8.55. The van der Waals surface area contributed by atoms with Crippen LogP contribution in [0.2, 0.25) is 39.3 Å². The van der Waals surface area contributed by atoms with Crippen LogP contribution in [-0.4, -0.2) is 43.1 Å². The summed E-state index contributed by atoms with van der Waals surface area (Å²) in [6.07, 6.45) is 1.79. The van der Waals surface area contributed by atoms with E-state index in [4.69, 9.17) is 18.3 Å². The molecule has 0 aliphatic heterocycles. The van der Waals surface area contributed by atoms with Crippen molar-refractivity contribution in [2.45, 2.75) is 52.1 Å². The van der Waals surface area contributed by atoms with Gasteiger partial charge in [-0.1, -0.05) is 24.3 Å². The molecule has 0 unspecified atom stereocenters. The molecule has 0 spiro atoms. The summed E-state index contributed by atoms with van der Waals surface area (Å²) in [4.78, 5) is 0. The van der Waals surface area contributed by atoms with E-state index < -0.39 is 16.6 Å². The Labute approximate surface area is 172 Å². The van der Waals surface area contributed by atoms with Crippen LogP contribution in [0.1, 0.15) is 12.8 Å².